The van der Waals surface area contributed by atoms with E-state index in [0.717, 1.165) is 5.56 Å². The van der Waals surface area contributed by atoms with Crippen molar-refractivity contribution in [1.29, 1.82) is 0 Å². The Balaban J connectivity index is 2.82. The third-order valence-corrected chi connectivity index (χ3v) is 1.51. The van der Waals surface area contributed by atoms with Gasteiger partial charge in [0.2, 0.25) is 0 Å². The second-order valence-electron chi connectivity index (χ2n) is 2.21. The minimum atomic E-state index is 0.0686. The summed E-state index contributed by atoms with van der Waals surface area (Å²) in [7, 11) is 1.54. The van der Waals surface area contributed by atoms with Crippen LogP contribution >= 0.6 is 0 Å². The summed E-state index contributed by atoms with van der Waals surface area (Å²) in [5.74, 6) is 1.18. The Kier molecular flexibility index (Phi) is 2.48. The summed E-state index contributed by atoms with van der Waals surface area (Å²) in [5, 5.41) is 12.2. The van der Waals surface area contributed by atoms with Crippen LogP contribution in [0, 0.1) is 6.92 Å². The van der Waals surface area contributed by atoms with E-state index in [1.54, 1.807) is 0 Å². The molecule has 4 nitrogen and oxygen atoms in total. The molecular weight excluding hydrogens is 146 g/mol. The first-order valence-electron chi connectivity index (χ1n) is 3.39. The maximum absolute atomic E-state index is 8.60. The van der Waals surface area contributed by atoms with E-state index in [1.807, 2.05) is 6.92 Å². The van der Waals surface area contributed by atoms with Crippen LogP contribution in [0.1, 0.15) is 11.3 Å². The van der Waals surface area contributed by atoms with E-state index < -0.39 is 0 Å². The number of rotatable bonds is 3. The fraction of sp³-hybridized carbons (Fsp3) is 0.571. The fourth-order valence-electron chi connectivity index (χ4n) is 0.878. The third-order valence-electron chi connectivity index (χ3n) is 1.51. The number of ether oxygens (including phenoxy) is 1. The van der Waals surface area contributed by atoms with Crippen LogP contribution in [0.5, 0.6) is 5.88 Å². The Labute approximate surface area is 64.8 Å². The Morgan fingerprint density at radius 1 is 1.64 bits per heavy atom. The van der Waals surface area contributed by atoms with Crippen molar-refractivity contribution in [3.8, 4) is 5.88 Å². The number of aromatic nitrogens is 1. The van der Waals surface area contributed by atoms with Gasteiger partial charge in [-0.15, -0.1) is 0 Å². The molecule has 0 amide bonds. The van der Waals surface area contributed by atoms with Gasteiger partial charge < -0.3 is 14.4 Å². The molecule has 1 aromatic rings. The van der Waals surface area contributed by atoms with Crippen LogP contribution in [-0.2, 0) is 6.42 Å². The molecule has 1 aromatic heterocycles. The lowest BCUT2D eigenvalue weighted by Gasteiger charge is -1.92. The standard InChI is InChI=1S/C7H11NO3/c1-5-6(3-4-9)11-8-7(5)10-2/h9H,3-4H2,1-2H3. The van der Waals surface area contributed by atoms with E-state index in [0.29, 0.717) is 18.1 Å². The quantitative estimate of drug-likeness (QED) is 0.695. The third kappa shape index (κ3) is 1.51. The van der Waals surface area contributed by atoms with E-state index in [4.69, 9.17) is 14.4 Å². The molecule has 0 spiro atoms. The Morgan fingerprint density at radius 3 is 2.82 bits per heavy atom. The average molecular weight is 157 g/mol. The molecule has 1 N–H and O–H groups in total. The molecule has 1 rings (SSSR count). The zero-order valence-electron chi connectivity index (χ0n) is 6.63. The van der Waals surface area contributed by atoms with E-state index >= 15 is 0 Å². The van der Waals surface area contributed by atoms with Gasteiger partial charge in [-0.3, -0.25) is 0 Å². The van der Waals surface area contributed by atoms with Gasteiger partial charge in [-0.2, -0.15) is 0 Å². The summed E-state index contributed by atoms with van der Waals surface area (Å²) in [4.78, 5) is 0. The molecule has 0 saturated heterocycles. The fourth-order valence-corrected chi connectivity index (χ4v) is 0.878. The molecule has 11 heavy (non-hydrogen) atoms. The normalized spacial score (nSPS) is 10.1. The van der Waals surface area contributed by atoms with Gasteiger partial charge in [0.25, 0.3) is 5.88 Å². The number of aliphatic hydroxyl groups is 1. The summed E-state index contributed by atoms with van der Waals surface area (Å²) < 4.78 is 9.78. The summed E-state index contributed by atoms with van der Waals surface area (Å²) >= 11 is 0. The summed E-state index contributed by atoms with van der Waals surface area (Å²) in [6.07, 6.45) is 0.488. The van der Waals surface area contributed by atoms with Crippen molar-refractivity contribution in [2.24, 2.45) is 0 Å². The monoisotopic (exact) mass is 157 g/mol. The number of hydrogen-bond donors (Lipinski definition) is 1. The minimum absolute atomic E-state index is 0.0686. The first-order valence-corrected chi connectivity index (χ1v) is 3.39. The predicted molar refractivity (Wildman–Crippen MR) is 38.6 cm³/mol. The lowest BCUT2D eigenvalue weighted by molar-refractivity contribution is 0.272. The van der Waals surface area contributed by atoms with Crippen LogP contribution in [0.4, 0.5) is 0 Å². The highest BCUT2D eigenvalue weighted by Crippen LogP contribution is 2.19. The maximum atomic E-state index is 8.60. The number of aliphatic hydroxyl groups excluding tert-OH is 1. The molecule has 1 heterocycles. The van der Waals surface area contributed by atoms with Gasteiger partial charge in [0, 0.05) is 6.42 Å². The van der Waals surface area contributed by atoms with Crippen LogP contribution in [0.15, 0.2) is 4.52 Å². The first kappa shape index (κ1) is 8.07. The largest absolute Gasteiger partial charge is 0.479 e. The minimum Gasteiger partial charge on any atom is -0.479 e. The molecule has 0 aromatic carbocycles. The molecule has 4 heteroatoms. The molecule has 0 aliphatic carbocycles. The van der Waals surface area contributed by atoms with Crippen molar-refractivity contribution in [3.05, 3.63) is 11.3 Å². The molecule has 62 valence electrons. The van der Waals surface area contributed by atoms with Crippen molar-refractivity contribution in [2.75, 3.05) is 13.7 Å². The molecule has 0 atom stereocenters. The Hall–Kier alpha value is -1.03. The van der Waals surface area contributed by atoms with Crippen LogP contribution in [0.25, 0.3) is 0 Å². The van der Waals surface area contributed by atoms with Gasteiger partial charge >= 0.3 is 0 Å². The maximum Gasteiger partial charge on any atom is 0.257 e. The van der Waals surface area contributed by atoms with Crippen molar-refractivity contribution in [3.63, 3.8) is 0 Å². The van der Waals surface area contributed by atoms with Gasteiger partial charge in [0.05, 0.1) is 19.3 Å². The highest BCUT2D eigenvalue weighted by Gasteiger charge is 2.10. The highest BCUT2D eigenvalue weighted by molar-refractivity contribution is 5.26. The molecule has 0 aliphatic heterocycles. The summed E-state index contributed by atoms with van der Waals surface area (Å²) in [6, 6.07) is 0. The molecular formula is C7H11NO3. The zero-order valence-corrected chi connectivity index (χ0v) is 6.63. The number of nitrogens with zero attached hydrogens (tertiary/aromatic N) is 1. The predicted octanol–water partition coefficient (Wildman–Crippen LogP) is 0.526. The SMILES string of the molecule is COc1noc(CCO)c1C. The van der Waals surface area contributed by atoms with Gasteiger partial charge in [-0.25, -0.2) is 0 Å². The summed E-state index contributed by atoms with van der Waals surface area (Å²) in [5.41, 5.74) is 0.863. The molecule has 0 radical (unpaired) electrons. The second-order valence-corrected chi connectivity index (χ2v) is 2.21. The van der Waals surface area contributed by atoms with Gasteiger partial charge in [0.15, 0.2) is 0 Å². The molecule has 0 unspecified atom stereocenters. The average Bonchev–Trinajstić information content (AvgIpc) is 2.34. The number of methoxy groups -OCH3 is 1. The molecule has 0 saturated carbocycles. The van der Waals surface area contributed by atoms with E-state index in [1.165, 1.54) is 7.11 Å². The lowest BCUT2D eigenvalue weighted by atomic mass is 10.2. The Morgan fingerprint density at radius 2 is 2.36 bits per heavy atom. The van der Waals surface area contributed by atoms with Gasteiger partial charge in [-0.05, 0) is 12.1 Å². The number of hydrogen-bond acceptors (Lipinski definition) is 4. The van der Waals surface area contributed by atoms with Crippen molar-refractivity contribution in [1.82, 2.24) is 5.16 Å². The summed E-state index contributed by atoms with van der Waals surface area (Å²) in [6.45, 7) is 1.92. The van der Waals surface area contributed by atoms with Crippen LogP contribution in [-0.4, -0.2) is 24.0 Å². The van der Waals surface area contributed by atoms with Crippen LogP contribution < -0.4 is 4.74 Å². The van der Waals surface area contributed by atoms with E-state index in [-0.39, 0.29) is 6.61 Å². The topological polar surface area (TPSA) is 55.5 Å². The zero-order chi connectivity index (χ0) is 8.27. The van der Waals surface area contributed by atoms with Gasteiger partial charge in [-0.1, -0.05) is 0 Å². The van der Waals surface area contributed by atoms with Crippen LogP contribution in [0.2, 0.25) is 0 Å². The Bertz CT molecular complexity index is 232. The van der Waals surface area contributed by atoms with E-state index in [2.05, 4.69) is 5.16 Å². The van der Waals surface area contributed by atoms with Crippen molar-refractivity contribution in [2.45, 2.75) is 13.3 Å². The second kappa shape index (κ2) is 3.39. The molecule has 0 fully saturated rings. The lowest BCUT2D eigenvalue weighted by Crippen LogP contribution is -1.91. The van der Waals surface area contributed by atoms with Crippen LogP contribution in [0.3, 0.4) is 0 Å². The molecule has 0 aliphatic rings. The molecule has 0 bridgehead atoms. The van der Waals surface area contributed by atoms with Crippen molar-refractivity contribution >= 4 is 0 Å². The highest BCUT2D eigenvalue weighted by atomic mass is 16.5. The smallest absolute Gasteiger partial charge is 0.257 e. The van der Waals surface area contributed by atoms with Crippen molar-refractivity contribution < 1.29 is 14.4 Å². The van der Waals surface area contributed by atoms with E-state index in [9.17, 15) is 0 Å². The van der Waals surface area contributed by atoms with Gasteiger partial charge in [0.1, 0.15) is 5.76 Å². The first-order chi connectivity index (χ1) is 5.29.